The van der Waals surface area contributed by atoms with Crippen LogP contribution in [-0.2, 0) is 5.41 Å². The van der Waals surface area contributed by atoms with E-state index in [9.17, 15) is 0 Å². The Balaban J connectivity index is 1.88. The summed E-state index contributed by atoms with van der Waals surface area (Å²) in [5, 5.41) is 0.897. The zero-order valence-corrected chi connectivity index (χ0v) is 16.7. The van der Waals surface area contributed by atoms with Gasteiger partial charge in [0.05, 0.1) is 32.3 Å². The van der Waals surface area contributed by atoms with Crippen molar-refractivity contribution in [2.75, 3.05) is 0 Å². The van der Waals surface area contributed by atoms with Gasteiger partial charge in [-0.3, -0.25) is 9.97 Å². The third-order valence-corrected chi connectivity index (χ3v) is 5.15. The van der Waals surface area contributed by atoms with Crippen molar-refractivity contribution in [1.82, 2.24) is 19.9 Å². The van der Waals surface area contributed by atoms with Gasteiger partial charge in [0.15, 0.2) is 0 Å². The Morgan fingerprint density at radius 2 is 1.85 bits per heavy atom. The van der Waals surface area contributed by atoms with Crippen LogP contribution in [0.4, 0.5) is 0 Å². The highest BCUT2D eigenvalue weighted by Crippen LogP contribution is 2.39. The number of halogens is 2. The topological polar surface area (TPSA) is 54.5 Å². The number of nitrogens with zero attached hydrogens (tertiary/aromatic N) is 3. The van der Waals surface area contributed by atoms with E-state index >= 15 is 0 Å². The molecule has 0 saturated carbocycles. The molecule has 6 heteroatoms. The van der Waals surface area contributed by atoms with Gasteiger partial charge in [-0.05, 0) is 35.2 Å². The third-order valence-electron chi connectivity index (χ3n) is 4.49. The van der Waals surface area contributed by atoms with E-state index in [0.29, 0.717) is 27.1 Å². The van der Waals surface area contributed by atoms with Crippen molar-refractivity contribution in [3.63, 3.8) is 0 Å². The van der Waals surface area contributed by atoms with Crippen LogP contribution < -0.4 is 0 Å². The molecule has 3 heterocycles. The number of imidazole rings is 1. The molecule has 0 aliphatic carbocycles. The summed E-state index contributed by atoms with van der Waals surface area (Å²) >= 11 is 13.1. The van der Waals surface area contributed by atoms with Gasteiger partial charge >= 0.3 is 0 Å². The summed E-state index contributed by atoms with van der Waals surface area (Å²) in [7, 11) is 0. The van der Waals surface area contributed by atoms with E-state index in [2.05, 4.69) is 47.9 Å². The molecule has 0 spiro atoms. The molecule has 27 heavy (non-hydrogen) atoms. The minimum absolute atomic E-state index is 0.0545. The summed E-state index contributed by atoms with van der Waals surface area (Å²) in [5.41, 5.74) is 5.19. The normalized spacial score (nSPS) is 11.9. The molecule has 136 valence electrons. The first-order valence-electron chi connectivity index (χ1n) is 8.59. The largest absolute Gasteiger partial charge is 0.338 e. The molecule has 0 saturated heterocycles. The van der Waals surface area contributed by atoms with Gasteiger partial charge < -0.3 is 4.98 Å². The second-order valence-electron chi connectivity index (χ2n) is 7.45. The highest BCUT2D eigenvalue weighted by Gasteiger charge is 2.20. The van der Waals surface area contributed by atoms with E-state index in [-0.39, 0.29) is 5.41 Å². The standard InChI is InChI=1S/C21H18Cl2N4/c1-21(2,3)13-6-7-15-16(9-13)27-20(26-15)17-14(22)11-25-19(18(17)23)12-5-4-8-24-10-12/h4-11H,1-3H3,(H,26,27). The van der Waals surface area contributed by atoms with E-state index in [1.54, 1.807) is 18.6 Å². The molecule has 0 unspecified atom stereocenters. The quantitative estimate of drug-likeness (QED) is 0.432. The first kappa shape index (κ1) is 18.0. The summed E-state index contributed by atoms with van der Waals surface area (Å²) in [6.45, 7) is 6.55. The van der Waals surface area contributed by atoms with Gasteiger partial charge in [0.25, 0.3) is 0 Å². The molecular formula is C21H18Cl2N4. The van der Waals surface area contributed by atoms with Crippen LogP contribution in [0.5, 0.6) is 0 Å². The van der Waals surface area contributed by atoms with Crippen LogP contribution in [0.2, 0.25) is 10.0 Å². The average molecular weight is 397 g/mol. The molecule has 0 fully saturated rings. The van der Waals surface area contributed by atoms with Crippen molar-refractivity contribution in [2.45, 2.75) is 26.2 Å². The van der Waals surface area contributed by atoms with E-state index in [4.69, 9.17) is 28.2 Å². The fourth-order valence-corrected chi connectivity index (χ4v) is 3.61. The minimum atomic E-state index is 0.0545. The molecule has 4 aromatic rings. The number of H-pyrrole nitrogens is 1. The van der Waals surface area contributed by atoms with Gasteiger partial charge in [-0.15, -0.1) is 0 Å². The SMILES string of the molecule is CC(C)(C)c1ccc2nc(-c3c(Cl)cnc(-c4cccnc4)c3Cl)[nH]c2c1. The van der Waals surface area contributed by atoms with Crippen molar-refractivity contribution in [3.8, 4) is 22.6 Å². The van der Waals surface area contributed by atoms with E-state index < -0.39 is 0 Å². The Bertz CT molecular complexity index is 1130. The van der Waals surface area contributed by atoms with Gasteiger partial charge in [-0.1, -0.05) is 50.0 Å². The maximum Gasteiger partial charge on any atom is 0.141 e. The lowest BCUT2D eigenvalue weighted by Gasteiger charge is -2.18. The average Bonchev–Trinajstić information content (AvgIpc) is 3.04. The number of fused-ring (bicyclic) bond motifs is 1. The van der Waals surface area contributed by atoms with Crippen LogP contribution in [0.25, 0.3) is 33.7 Å². The Morgan fingerprint density at radius 1 is 1.04 bits per heavy atom. The summed E-state index contributed by atoms with van der Waals surface area (Å²) in [6.07, 6.45) is 5.03. The molecule has 0 aliphatic heterocycles. The van der Waals surface area contributed by atoms with Crippen molar-refractivity contribution >= 4 is 34.2 Å². The van der Waals surface area contributed by atoms with Crippen LogP contribution in [0.3, 0.4) is 0 Å². The summed E-state index contributed by atoms with van der Waals surface area (Å²) in [5.74, 6) is 0.624. The molecule has 0 bridgehead atoms. The number of aromatic amines is 1. The number of hydrogen-bond acceptors (Lipinski definition) is 3. The highest BCUT2D eigenvalue weighted by molar-refractivity contribution is 6.40. The summed E-state index contributed by atoms with van der Waals surface area (Å²) in [4.78, 5) is 16.6. The van der Waals surface area contributed by atoms with Crippen LogP contribution in [-0.4, -0.2) is 19.9 Å². The monoisotopic (exact) mass is 396 g/mol. The molecule has 0 atom stereocenters. The van der Waals surface area contributed by atoms with Crippen molar-refractivity contribution in [3.05, 3.63) is 64.5 Å². The maximum absolute atomic E-state index is 6.68. The molecule has 4 nitrogen and oxygen atoms in total. The Kier molecular flexibility index (Phi) is 4.41. The van der Waals surface area contributed by atoms with Crippen molar-refractivity contribution in [1.29, 1.82) is 0 Å². The molecule has 3 aromatic heterocycles. The van der Waals surface area contributed by atoms with Gasteiger partial charge in [-0.25, -0.2) is 4.98 Å². The molecule has 1 N–H and O–H groups in total. The van der Waals surface area contributed by atoms with Crippen LogP contribution >= 0.6 is 23.2 Å². The lowest BCUT2D eigenvalue weighted by atomic mass is 9.87. The van der Waals surface area contributed by atoms with E-state index in [0.717, 1.165) is 16.6 Å². The van der Waals surface area contributed by atoms with Crippen molar-refractivity contribution in [2.24, 2.45) is 0 Å². The summed E-state index contributed by atoms with van der Waals surface area (Å²) < 4.78 is 0. The van der Waals surface area contributed by atoms with Crippen LogP contribution in [0.15, 0.2) is 48.9 Å². The molecule has 0 radical (unpaired) electrons. The summed E-state index contributed by atoms with van der Waals surface area (Å²) in [6, 6.07) is 9.99. The predicted molar refractivity (Wildman–Crippen MR) is 111 cm³/mol. The van der Waals surface area contributed by atoms with Crippen molar-refractivity contribution < 1.29 is 0 Å². The number of aromatic nitrogens is 4. The van der Waals surface area contributed by atoms with E-state index in [1.807, 2.05) is 18.2 Å². The van der Waals surface area contributed by atoms with Gasteiger partial charge in [-0.2, -0.15) is 0 Å². The number of benzene rings is 1. The van der Waals surface area contributed by atoms with Crippen LogP contribution in [0.1, 0.15) is 26.3 Å². The fraction of sp³-hybridized carbons (Fsp3) is 0.190. The van der Waals surface area contributed by atoms with Gasteiger partial charge in [0.2, 0.25) is 0 Å². The zero-order chi connectivity index (χ0) is 19.2. The second kappa shape index (κ2) is 6.63. The first-order chi connectivity index (χ1) is 12.8. The number of nitrogens with one attached hydrogen (secondary N) is 1. The van der Waals surface area contributed by atoms with E-state index in [1.165, 1.54) is 5.56 Å². The van der Waals surface area contributed by atoms with Crippen LogP contribution in [0, 0.1) is 0 Å². The van der Waals surface area contributed by atoms with Gasteiger partial charge in [0.1, 0.15) is 5.82 Å². The number of pyridine rings is 2. The maximum atomic E-state index is 6.68. The first-order valence-corrected chi connectivity index (χ1v) is 9.35. The highest BCUT2D eigenvalue weighted by atomic mass is 35.5. The smallest absolute Gasteiger partial charge is 0.141 e. The lowest BCUT2D eigenvalue weighted by Crippen LogP contribution is -2.10. The molecule has 0 aliphatic rings. The Hall–Kier alpha value is -2.43. The van der Waals surface area contributed by atoms with Gasteiger partial charge in [0, 0.05) is 24.2 Å². The molecular weight excluding hydrogens is 379 g/mol. The number of hydrogen-bond donors (Lipinski definition) is 1. The lowest BCUT2D eigenvalue weighted by molar-refractivity contribution is 0.591. The Labute approximate surface area is 167 Å². The second-order valence-corrected chi connectivity index (χ2v) is 8.24. The zero-order valence-electron chi connectivity index (χ0n) is 15.2. The fourth-order valence-electron chi connectivity index (χ4n) is 2.98. The predicted octanol–water partition coefficient (Wildman–Crippen LogP) is 6.29. The molecule has 0 amide bonds. The Morgan fingerprint density at radius 3 is 2.56 bits per heavy atom. The number of rotatable bonds is 2. The third kappa shape index (κ3) is 3.31. The molecule has 4 rings (SSSR count). The molecule has 1 aromatic carbocycles. The minimum Gasteiger partial charge on any atom is -0.338 e.